The van der Waals surface area contributed by atoms with Gasteiger partial charge in [-0.25, -0.2) is 24.7 Å². The molecule has 6 rings (SSSR count). The molecule has 6 aromatic heterocycles. The fourth-order valence-corrected chi connectivity index (χ4v) is 5.12. The highest BCUT2D eigenvalue weighted by molar-refractivity contribution is 7.99. The van der Waals surface area contributed by atoms with Crippen LogP contribution in [0.15, 0.2) is 81.8 Å². The van der Waals surface area contributed by atoms with Gasteiger partial charge in [0.05, 0.1) is 11.4 Å². The van der Waals surface area contributed by atoms with Gasteiger partial charge in [-0.2, -0.15) is 9.78 Å². The minimum atomic E-state index is -0.232. The molecular formula is C23H23N11OS2. The Balaban J connectivity index is 0.000000157. The molecule has 0 aromatic carbocycles. The van der Waals surface area contributed by atoms with Crippen molar-refractivity contribution >= 4 is 40.8 Å². The predicted octanol–water partition coefficient (Wildman–Crippen LogP) is 3.83. The zero-order valence-corrected chi connectivity index (χ0v) is 22.1. The number of imidazole rings is 2. The lowest BCUT2D eigenvalue weighted by molar-refractivity contribution is 0.215. The summed E-state index contributed by atoms with van der Waals surface area (Å²) in [5, 5.41) is 14.1. The molecule has 6 heterocycles. The Morgan fingerprint density at radius 2 is 1.51 bits per heavy atom. The number of hydrogen-bond acceptors (Lipinski definition) is 9. The zero-order valence-electron chi connectivity index (χ0n) is 20.5. The Kier molecular flexibility index (Phi) is 6.92. The number of nitrogens with one attached hydrogen (secondary N) is 1. The minimum absolute atomic E-state index is 0.232. The second kappa shape index (κ2) is 10.4. The molecule has 1 amide bonds. The Morgan fingerprint density at radius 3 is 2.08 bits per heavy atom. The average molecular weight is 534 g/mol. The summed E-state index contributed by atoms with van der Waals surface area (Å²) in [6.45, 7) is 3.93. The molecule has 14 heteroatoms. The number of H-pyrrole nitrogens is 1. The van der Waals surface area contributed by atoms with E-state index in [2.05, 4.69) is 35.2 Å². The van der Waals surface area contributed by atoms with E-state index in [0.717, 1.165) is 37.9 Å². The number of pyridine rings is 2. The third kappa shape index (κ3) is 5.20. The van der Waals surface area contributed by atoms with E-state index in [9.17, 15) is 4.79 Å². The van der Waals surface area contributed by atoms with E-state index in [1.807, 2.05) is 71.4 Å². The summed E-state index contributed by atoms with van der Waals surface area (Å²) in [5.74, 6) is 0. The van der Waals surface area contributed by atoms with Crippen LogP contribution in [0.3, 0.4) is 0 Å². The van der Waals surface area contributed by atoms with Gasteiger partial charge in [-0.05, 0) is 61.6 Å². The highest BCUT2D eigenvalue weighted by atomic mass is 32.2. The largest absolute Gasteiger partial charge is 0.345 e. The van der Waals surface area contributed by atoms with Gasteiger partial charge in [0, 0.05) is 26.5 Å². The molecule has 1 N–H and O–H groups in total. The van der Waals surface area contributed by atoms with Gasteiger partial charge < -0.3 is 4.90 Å². The average Bonchev–Trinajstić information content (AvgIpc) is 3.68. The Bertz CT molecular complexity index is 1670. The minimum Gasteiger partial charge on any atom is -0.329 e. The van der Waals surface area contributed by atoms with Gasteiger partial charge in [0.2, 0.25) is 5.16 Å². The summed E-state index contributed by atoms with van der Waals surface area (Å²) >= 11 is 2.92. The van der Waals surface area contributed by atoms with Crippen molar-refractivity contribution in [3.8, 4) is 0 Å². The van der Waals surface area contributed by atoms with Crippen LogP contribution in [0.25, 0.3) is 11.3 Å². The fraction of sp³-hybridized carbons (Fsp3) is 0.174. The van der Waals surface area contributed by atoms with Crippen molar-refractivity contribution in [2.45, 2.75) is 34.2 Å². The van der Waals surface area contributed by atoms with E-state index in [4.69, 9.17) is 0 Å². The Hall–Kier alpha value is -4.17. The number of amides is 1. The third-order valence-corrected chi connectivity index (χ3v) is 7.25. The van der Waals surface area contributed by atoms with Crippen LogP contribution in [0.1, 0.15) is 11.4 Å². The van der Waals surface area contributed by atoms with Crippen LogP contribution in [0.2, 0.25) is 0 Å². The van der Waals surface area contributed by atoms with Crippen molar-refractivity contribution in [2.24, 2.45) is 0 Å². The lowest BCUT2D eigenvalue weighted by Gasteiger charge is -2.07. The number of aromatic nitrogens is 10. The summed E-state index contributed by atoms with van der Waals surface area (Å²) in [4.78, 5) is 30.5. The second-order valence-electron chi connectivity index (χ2n) is 8.01. The first-order valence-electron chi connectivity index (χ1n) is 11.1. The maximum Gasteiger partial charge on any atom is 0.345 e. The van der Waals surface area contributed by atoms with Crippen LogP contribution < -0.4 is 0 Å². The molecule has 0 saturated heterocycles. The first-order chi connectivity index (χ1) is 17.9. The highest BCUT2D eigenvalue weighted by Gasteiger charge is 2.15. The second-order valence-corrected chi connectivity index (χ2v) is 9.94. The van der Waals surface area contributed by atoms with Crippen LogP contribution in [-0.4, -0.2) is 73.7 Å². The smallest absolute Gasteiger partial charge is 0.329 e. The maximum atomic E-state index is 11.8. The molecule has 12 nitrogen and oxygen atoms in total. The SMILES string of the molecule is Cc1nc2ccccn2c1Sc1ncn(C(=O)N(C)C)n1.Cc1nc2ccccn2c1Sc1ncn[nH]1. The van der Waals surface area contributed by atoms with Crippen LogP contribution in [0, 0.1) is 13.8 Å². The normalized spacial score (nSPS) is 11.0. The molecule has 0 aliphatic carbocycles. The predicted molar refractivity (Wildman–Crippen MR) is 139 cm³/mol. The van der Waals surface area contributed by atoms with Crippen LogP contribution in [0.5, 0.6) is 0 Å². The highest BCUT2D eigenvalue weighted by Crippen LogP contribution is 2.29. The standard InChI is InChI=1S/C13H14N6OS.C10H9N5S/c1-9-11(18-7-5-4-6-10(18)15-9)21-12-14-8-19(16-12)13(20)17(2)3;1-7-9(16-10-11-6-12-14-10)15-5-3-2-4-8(15)13-7/h4-8H,1-3H3;2-6H,1H3,(H,11,12,14). The first kappa shape index (κ1) is 24.5. The van der Waals surface area contributed by atoms with Gasteiger partial charge in [0.15, 0.2) is 5.16 Å². The maximum absolute atomic E-state index is 11.8. The van der Waals surface area contributed by atoms with Crippen LogP contribution in [0.4, 0.5) is 4.79 Å². The van der Waals surface area contributed by atoms with Crippen molar-refractivity contribution in [1.82, 2.24) is 53.6 Å². The van der Waals surface area contributed by atoms with Crippen molar-refractivity contribution in [3.63, 3.8) is 0 Å². The summed E-state index contributed by atoms with van der Waals surface area (Å²) in [6, 6.07) is 11.5. The topological polar surface area (TPSA) is 127 Å². The zero-order chi connectivity index (χ0) is 25.9. The molecule has 0 aliphatic heterocycles. The number of carbonyl (C=O) groups is 1. The number of carbonyl (C=O) groups excluding carboxylic acids is 1. The molecule has 6 aromatic rings. The van der Waals surface area contributed by atoms with E-state index in [1.165, 1.54) is 45.8 Å². The molecule has 0 radical (unpaired) electrons. The van der Waals surface area contributed by atoms with Gasteiger partial charge in [-0.3, -0.25) is 13.9 Å². The number of hydrogen-bond donors (Lipinski definition) is 1. The molecule has 0 saturated carbocycles. The molecular weight excluding hydrogens is 510 g/mol. The summed E-state index contributed by atoms with van der Waals surface area (Å²) in [5.41, 5.74) is 3.72. The number of aryl methyl sites for hydroxylation is 2. The third-order valence-electron chi connectivity index (χ3n) is 5.12. The van der Waals surface area contributed by atoms with E-state index < -0.39 is 0 Å². The molecule has 0 unspecified atom stereocenters. The number of nitrogens with zero attached hydrogens (tertiary/aromatic N) is 10. The van der Waals surface area contributed by atoms with E-state index in [1.54, 1.807) is 14.1 Å². The number of fused-ring (bicyclic) bond motifs is 2. The molecule has 188 valence electrons. The summed E-state index contributed by atoms with van der Waals surface area (Å²) in [6.07, 6.45) is 6.86. The lowest BCUT2D eigenvalue weighted by Crippen LogP contribution is -2.27. The molecule has 0 atom stereocenters. The Morgan fingerprint density at radius 1 is 0.892 bits per heavy atom. The summed E-state index contributed by atoms with van der Waals surface area (Å²) < 4.78 is 5.25. The molecule has 0 aliphatic rings. The van der Waals surface area contributed by atoms with Gasteiger partial charge in [-0.1, -0.05) is 12.1 Å². The molecule has 0 fully saturated rings. The van der Waals surface area contributed by atoms with Crippen molar-refractivity contribution in [1.29, 1.82) is 0 Å². The fourth-order valence-electron chi connectivity index (χ4n) is 3.44. The van der Waals surface area contributed by atoms with Gasteiger partial charge in [0.1, 0.15) is 34.0 Å². The monoisotopic (exact) mass is 533 g/mol. The van der Waals surface area contributed by atoms with Gasteiger partial charge in [0.25, 0.3) is 0 Å². The Labute approximate surface area is 220 Å². The molecule has 0 spiro atoms. The van der Waals surface area contributed by atoms with Crippen molar-refractivity contribution in [3.05, 3.63) is 72.8 Å². The van der Waals surface area contributed by atoms with E-state index in [0.29, 0.717) is 5.16 Å². The van der Waals surface area contributed by atoms with Crippen LogP contribution in [-0.2, 0) is 0 Å². The van der Waals surface area contributed by atoms with Crippen LogP contribution >= 0.6 is 23.5 Å². The number of rotatable bonds is 4. The van der Waals surface area contributed by atoms with Crippen molar-refractivity contribution in [2.75, 3.05) is 14.1 Å². The van der Waals surface area contributed by atoms with Gasteiger partial charge >= 0.3 is 6.03 Å². The summed E-state index contributed by atoms with van der Waals surface area (Å²) in [7, 11) is 3.34. The number of aromatic amines is 1. The van der Waals surface area contributed by atoms with Crippen molar-refractivity contribution < 1.29 is 4.79 Å². The first-order valence-corrected chi connectivity index (χ1v) is 12.8. The molecule has 0 bridgehead atoms. The van der Waals surface area contributed by atoms with Gasteiger partial charge in [-0.15, -0.1) is 5.10 Å². The lowest BCUT2D eigenvalue weighted by atomic mass is 10.5. The molecule has 37 heavy (non-hydrogen) atoms. The van der Waals surface area contributed by atoms with E-state index >= 15 is 0 Å². The van der Waals surface area contributed by atoms with E-state index in [-0.39, 0.29) is 6.03 Å². The quantitative estimate of drug-likeness (QED) is 0.360.